The van der Waals surface area contributed by atoms with Crippen LogP contribution >= 0.6 is 0 Å². The Morgan fingerprint density at radius 2 is 1.65 bits per heavy atom. The number of hydrogen-bond donors (Lipinski definition) is 1. The highest BCUT2D eigenvalue weighted by Gasteiger charge is 2.36. The lowest BCUT2D eigenvalue weighted by Crippen LogP contribution is -2.43. The second-order valence-corrected chi connectivity index (χ2v) is 7.47. The van der Waals surface area contributed by atoms with Gasteiger partial charge in [0.25, 0.3) is 5.56 Å². The second-order valence-electron chi connectivity index (χ2n) is 7.47. The highest BCUT2D eigenvalue weighted by Crippen LogP contribution is 2.44. The van der Waals surface area contributed by atoms with Crippen molar-refractivity contribution in [3.8, 4) is 5.75 Å². The molecule has 31 heavy (non-hydrogen) atoms. The van der Waals surface area contributed by atoms with Gasteiger partial charge in [-0.05, 0) is 29.8 Å². The summed E-state index contributed by atoms with van der Waals surface area (Å²) < 4.78 is 13.3. The predicted molar refractivity (Wildman–Crippen MR) is 117 cm³/mol. The fourth-order valence-corrected chi connectivity index (χ4v) is 4.23. The van der Waals surface area contributed by atoms with Crippen molar-refractivity contribution in [1.82, 2.24) is 9.13 Å². The second kappa shape index (κ2) is 6.73. The van der Waals surface area contributed by atoms with E-state index >= 15 is 0 Å². The molecule has 1 aliphatic heterocycles. The first-order valence-corrected chi connectivity index (χ1v) is 9.69. The standard InChI is InChI=1S/C23H19N3O5/c1-25-20-18(21(27)26(2)23(25)29)16(12-8-10-13(30-3)11-9-12)17-19(24-20)14-6-4-5-7-15(14)31-22(17)28/h4-11,16,24H,1-3H3. The van der Waals surface area contributed by atoms with E-state index in [4.69, 9.17) is 9.15 Å². The monoisotopic (exact) mass is 417 g/mol. The maximum Gasteiger partial charge on any atom is 0.342 e. The smallest absolute Gasteiger partial charge is 0.342 e. The summed E-state index contributed by atoms with van der Waals surface area (Å²) in [4.78, 5) is 39.0. The molecule has 0 spiro atoms. The molecule has 0 radical (unpaired) electrons. The van der Waals surface area contributed by atoms with Crippen LogP contribution in [0.4, 0.5) is 11.5 Å². The van der Waals surface area contributed by atoms with E-state index in [1.807, 2.05) is 24.3 Å². The lowest BCUT2D eigenvalue weighted by Gasteiger charge is -2.30. The van der Waals surface area contributed by atoms with Gasteiger partial charge in [-0.1, -0.05) is 24.3 Å². The molecule has 0 bridgehead atoms. The third-order valence-corrected chi connectivity index (χ3v) is 5.82. The van der Waals surface area contributed by atoms with E-state index < -0.39 is 22.8 Å². The number of hydrogen-bond acceptors (Lipinski definition) is 6. The van der Waals surface area contributed by atoms with Crippen LogP contribution in [0.3, 0.4) is 0 Å². The highest BCUT2D eigenvalue weighted by molar-refractivity contribution is 5.95. The van der Waals surface area contributed by atoms with E-state index in [0.717, 1.165) is 4.57 Å². The van der Waals surface area contributed by atoms with Gasteiger partial charge in [-0.3, -0.25) is 13.9 Å². The molecule has 2 aromatic heterocycles. The number of anilines is 2. The van der Waals surface area contributed by atoms with Gasteiger partial charge in [0, 0.05) is 19.5 Å². The molecule has 1 atom stereocenters. The topological polar surface area (TPSA) is 95.5 Å². The van der Waals surface area contributed by atoms with Crippen molar-refractivity contribution in [3.05, 3.63) is 96.5 Å². The largest absolute Gasteiger partial charge is 0.497 e. The zero-order valence-corrected chi connectivity index (χ0v) is 17.1. The van der Waals surface area contributed by atoms with E-state index in [2.05, 4.69) is 5.32 Å². The molecule has 0 aliphatic carbocycles. The zero-order valence-electron chi connectivity index (χ0n) is 17.1. The lowest BCUT2D eigenvalue weighted by molar-refractivity contribution is 0.414. The summed E-state index contributed by atoms with van der Waals surface area (Å²) in [7, 11) is 4.59. The maximum atomic E-state index is 13.2. The Morgan fingerprint density at radius 1 is 0.935 bits per heavy atom. The number of methoxy groups -OCH3 is 1. The normalized spacial score (nSPS) is 14.6. The summed E-state index contributed by atoms with van der Waals surface area (Å²) in [5.74, 6) is 0.290. The highest BCUT2D eigenvalue weighted by atomic mass is 16.5. The van der Waals surface area contributed by atoms with Crippen LogP contribution in [0.5, 0.6) is 5.75 Å². The van der Waals surface area contributed by atoms with Gasteiger partial charge in [0.15, 0.2) is 0 Å². The SMILES string of the molecule is COc1ccc(C2c3c(c4ccccc4oc3=O)Nc3c2c(=O)n(C)c(=O)n3C)cc1. The van der Waals surface area contributed by atoms with Crippen LogP contribution in [0.1, 0.15) is 22.6 Å². The minimum absolute atomic E-state index is 0.310. The van der Waals surface area contributed by atoms with Crippen LogP contribution in [0.15, 0.2) is 67.3 Å². The molecular weight excluding hydrogens is 398 g/mol. The molecule has 2 aromatic carbocycles. The number of benzene rings is 2. The third kappa shape index (κ3) is 2.64. The number of aromatic nitrogens is 2. The quantitative estimate of drug-likeness (QED) is 0.443. The van der Waals surface area contributed by atoms with Crippen molar-refractivity contribution in [2.24, 2.45) is 14.1 Å². The summed E-state index contributed by atoms with van der Waals surface area (Å²) >= 11 is 0. The molecule has 1 unspecified atom stereocenters. The van der Waals surface area contributed by atoms with Gasteiger partial charge in [0.05, 0.1) is 29.8 Å². The van der Waals surface area contributed by atoms with Crippen LogP contribution in [-0.2, 0) is 14.1 Å². The van der Waals surface area contributed by atoms with E-state index in [-0.39, 0.29) is 0 Å². The van der Waals surface area contributed by atoms with Crippen LogP contribution in [0.25, 0.3) is 11.0 Å². The van der Waals surface area contributed by atoms with Crippen LogP contribution in [-0.4, -0.2) is 16.2 Å². The summed E-state index contributed by atoms with van der Waals surface area (Å²) in [5, 5.41) is 3.88. The van der Waals surface area contributed by atoms with Gasteiger partial charge < -0.3 is 14.5 Å². The van der Waals surface area contributed by atoms with Crippen molar-refractivity contribution in [2.75, 3.05) is 12.4 Å². The molecule has 4 aromatic rings. The van der Waals surface area contributed by atoms with Crippen molar-refractivity contribution in [1.29, 1.82) is 0 Å². The van der Waals surface area contributed by atoms with E-state index in [1.54, 1.807) is 38.4 Å². The van der Waals surface area contributed by atoms with Crippen LogP contribution in [0.2, 0.25) is 0 Å². The van der Waals surface area contributed by atoms with Gasteiger partial charge in [0.1, 0.15) is 17.2 Å². The zero-order chi connectivity index (χ0) is 21.9. The van der Waals surface area contributed by atoms with Crippen molar-refractivity contribution < 1.29 is 9.15 Å². The van der Waals surface area contributed by atoms with Crippen molar-refractivity contribution in [2.45, 2.75) is 5.92 Å². The van der Waals surface area contributed by atoms with Crippen LogP contribution < -0.4 is 26.9 Å². The van der Waals surface area contributed by atoms with Gasteiger partial charge in [-0.25, -0.2) is 9.59 Å². The number of fused-ring (bicyclic) bond motifs is 4. The van der Waals surface area contributed by atoms with Crippen molar-refractivity contribution in [3.63, 3.8) is 0 Å². The third-order valence-electron chi connectivity index (χ3n) is 5.82. The van der Waals surface area contributed by atoms with Gasteiger partial charge in [-0.15, -0.1) is 0 Å². The number of para-hydroxylation sites is 1. The Balaban J connectivity index is 1.94. The lowest BCUT2D eigenvalue weighted by atomic mass is 9.82. The van der Waals surface area contributed by atoms with E-state index in [9.17, 15) is 14.4 Å². The molecule has 0 fully saturated rings. The molecule has 1 N–H and O–H groups in total. The van der Waals surface area contributed by atoms with E-state index in [0.29, 0.717) is 44.9 Å². The minimum Gasteiger partial charge on any atom is -0.497 e. The Labute approximate surface area is 175 Å². The number of nitrogens with one attached hydrogen (secondary N) is 1. The maximum absolute atomic E-state index is 13.2. The Morgan fingerprint density at radius 3 is 2.35 bits per heavy atom. The fraction of sp³-hybridized carbons (Fsp3) is 0.174. The average molecular weight is 417 g/mol. The van der Waals surface area contributed by atoms with Crippen molar-refractivity contribution >= 4 is 22.5 Å². The summed E-state index contributed by atoms with van der Waals surface area (Å²) in [6.07, 6.45) is 0. The first kappa shape index (κ1) is 18.9. The molecule has 0 saturated carbocycles. The van der Waals surface area contributed by atoms with E-state index in [1.165, 1.54) is 11.6 Å². The number of rotatable bonds is 2. The molecule has 5 rings (SSSR count). The Kier molecular flexibility index (Phi) is 4.11. The van der Waals surface area contributed by atoms with Gasteiger partial charge >= 0.3 is 11.3 Å². The Bertz CT molecular complexity index is 1530. The molecule has 8 heteroatoms. The minimum atomic E-state index is -0.719. The van der Waals surface area contributed by atoms with Gasteiger partial charge in [0.2, 0.25) is 0 Å². The molecule has 0 amide bonds. The average Bonchev–Trinajstić information content (AvgIpc) is 2.80. The first-order valence-electron chi connectivity index (χ1n) is 9.69. The molecule has 156 valence electrons. The molecule has 1 aliphatic rings. The number of ether oxygens (including phenoxy) is 1. The van der Waals surface area contributed by atoms with Crippen LogP contribution in [0, 0.1) is 0 Å². The van der Waals surface area contributed by atoms with Gasteiger partial charge in [-0.2, -0.15) is 0 Å². The number of nitrogens with zero attached hydrogens (tertiary/aromatic N) is 2. The molecule has 8 nitrogen and oxygen atoms in total. The summed E-state index contributed by atoms with van der Waals surface area (Å²) in [6, 6.07) is 14.3. The summed E-state index contributed by atoms with van der Waals surface area (Å²) in [5.41, 5.74) is 0.835. The summed E-state index contributed by atoms with van der Waals surface area (Å²) in [6.45, 7) is 0. The fourth-order valence-electron chi connectivity index (χ4n) is 4.23. The molecule has 0 saturated heterocycles. The molecular formula is C23H19N3O5. The Hall–Kier alpha value is -4.07. The predicted octanol–water partition coefficient (Wildman–Crippen LogP) is 2.44. The first-order chi connectivity index (χ1) is 14.9. The molecule has 3 heterocycles.